The summed E-state index contributed by atoms with van der Waals surface area (Å²) in [4.78, 5) is 69.2. The van der Waals surface area contributed by atoms with Crippen LogP contribution in [0.2, 0.25) is 0 Å². The van der Waals surface area contributed by atoms with Gasteiger partial charge in [0.15, 0.2) is 0 Å². The van der Waals surface area contributed by atoms with Gasteiger partial charge >= 0.3 is 35.8 Å². The fourth-order valence-corrected chi connectivity index (χ4v) is 6.98. The van der Waals surface area contributed by atoms with Crippen molar-refractivity contribution in [2.45, 2.75) is 265 Å². The molecule has 0 heterocycles. The molecule has 470 valence electrons. The van der Waals surface area contributed by atoms with E-state index in [1.807, 2.05) is 52.8 Å². The molecule has 12 heteroatoms. The topological polar surface area (TPSA) is 158 Å². The van der Waals surface area contributed by atoms with Crippen LogP contribution < -0.4 is 0 Å². The third-order valence-electron chi connectivity index (χ3n) is 12.2. The molecule has 0 aromatic heterocycles. The highest BCUT2D eigenvalue weighted by molar-refractivity contribution is 5.78. The van der Waals surface area contributed by atoms with Crippen molar-refractivity contribution in [1.82, 2.24) is 0 Å². The maximum atomic E-state index is 11.7. The molecule has 0 aliphatic heterocycles. The molecule has 0 amide bonds. The van der Waals surface area contributed by atoms with Gasteiger partial charge in [-0.3, -0.25) is 28.8 Å². The van der Waals surface area contributed by atoms with Crippen LogP contribution in [0.25, 0.3) is 0 Å². The van der Waals surface area contributed by atoms with E-state index < -0.39 is 0 Å². The Morgan fingerprint density at radius 2 is 0.488 bits per heavy atom. The minimum absolute atomic E-state index is 0. The van der Waals surface area contributed by atoms with Crippen LogP contribution in [0.1, 0.15) is 265 Å². The van der Waals surface area contributed by atoms with Gasteiger partial charge in [0.2, 0.25) is 0 Å². The molecule has 0 atom stereocenters. The van der Waals surface area contributed by atoms with Gasteiger partial charge in [-0.15, -0.1) is 0 Å². The van der Waals surface area contributed by atoms with Crippen LogP contribution in [-0.4, -0.2) is 75.5 Å². The van der Waals surface area contributed by atoms with E-state index in [9.17, 15) is 28.8 Å². The average molecular weight is 1150 g/mol. The molecule has 0 spiro atoms. The molecule has 0 bridgehead atoms. The van der Waals surface area contributed by atoms with E-state index >= 15 is 0 Å². The van der Waals surface area contributed by atoms with E-state index in [1.54, 1.807) is 0 Å². The number of hydrogen-bond donors (Lipinski definition) is 0. The summed E-state index contributed by atoms with van der Waals surface area (Å²) in [6, 6.07) is 0. The van der Waals surface area contributed by atoms with E-state index in [1.165, 1.54) is 50.2 Å². The first-order valence-electron chi connectivity index (χ1n) is 30.3. The zero-order valence-electron chi connectivity index (χ0n) is 53.8. The second kappa shape index (κ2) is 58.7. The van der Waals surface area contributed by atoms with Crippen LogP contribution in [0.15, 0.2) is 105 Å². The van der Waals surface area contributed by atoms with Crippen molar-refractivity contribution in [3.05, 3.63) is 105 Å². The summed E-state index contributed by atoms with van der Waals surface area (Å²) in [5.74, 6) is -2.09. The Balaban J connectivity index is -0.000000553. The second-order valence-corrected chi connectivity index (χ2v) is 21.7. The van der Waals surface area contributed by atoms with Gasteiger partial charge in [-0.05, 0) is 198 Å². The predicted molar refractivity (Wildman–Crippen MR) is 341 cm³/mol. The van der Waals surface area contributed by atoms with Crippen molar-refractivity contribution in [2.24, 2.45) is 0 Å². The Kier molecular flexibility index (Phi) is 59.3. The summed E-state index contributed by atoms with van der Waals surface area (Å²) < 4.78 is 30.4. The molecule has 0 aliphatic rings. The average Bonchev–Trinajstić information content (AvgIpc) is 3.39. The third kappa shape index (κ3) is 65.3. The summed E-state index contributed by atoms with van der Waals surface area (Å²) in [6.45, 7) is 33.5. The lowest BCUT2D eigenvalue weighted by Gasteiger charge is -2.05. The molecule has 0 unspecified atom stereocenters. The molecule has 12 nitrogen and oxygen atoms in total. The molecule has 0 aromatic rings. The molecule has 0 saturated heterocycles. The smallest absolute Gasteiger partial charge is 0.306 e. The van der Waals surface area contributed by atoms with Gasteiger partial charge in [-0.25, -0.2) is 0 Å². The third-order valence-corrected chi connectivity index (χ3v) is 12.2. The maximum absolute atomic E-state index is 11.7. The van der Waals surface area contributed by atoms with Gasteiger partial charge in [-0.1, -0.05) is 134 Å². The SMILES string of the molecule is C.CCCCCOC(=O)CCC(=O)OC/C=C(\C)CC/C=C(\C)CCC=C(C)C.CCCCOC(=O)CCC(=O)OC/C=C(\C)CC/C=C(\C)CCC=C(C)C.CCCOC(=O)CCC(=O)OC/C=C(\C)CC/C=C(\C)CCC=C(C)C. The number of hydrogen-bond acceptors (Lipinski definition) is 12. The Bertz CT molecular complexity index is 2020. The number of rotatable bonds is 42. The summed E-state index contributed by atoms with van der Waals surface area (Å²) in [7, 11) is 0. The zero-order chi connectivity index (χ0) is 61.5. The lowest BCUT2D eigenvalue weighted by Crippen LogP contribution is -2.11. The van der Waals surface area contributed by atoms with E-state index in [-0.39, 0.29) is 102 Å². The van der Waals surface area contributed by atoms with Gasteiger partial charge in [0.25, 0.3) is 0 Å². The molecule has 82 heavy (non-hydrogen) atoms. The Labute approximate surface area is 500 Å². The number of unbranched alkanes of at least 4 members (excludes halogenated alkanes) is 3. The van der Waals surface area contributed by atoms with E-state index in [0.717, 1.165) is 116 Å². The molecule has 0 aromatic carbocycles. The van der Waals surface area contributed by atoms with Crippen molar-refractivity contribution in [3.63, 3.8) is 0 Å². The normalized spacial score (nSPS) is 11.7. The molecule has 0 aliphatic carbocycles. The Morgan fingerprint density at radius 1 is 0.256 bits per heavy atom. The Hall–Kier alpha value is -5.52. The minimum Gasteiger partial charge on any atom is -0.466 e. The van der Waals surface area contributed by atoms with Gasteiger partial charge in [-0.2, -0.15) is 0 Å². The van der Waals surface area contributed by atoms with Gasteiger partial charge in [0.05, 0.1) is 58.3 Å². The monoisotopic (exact) mass is 1150 g/mol. The Morgan fingerprint density at radius 3 is 0.744 bits per heavy atom. The first-order valence-corrected chi connectivity index (χ1v) is 30.3. The zero-order valence-corrected chi connectivity index (χ0v) is 53.8. The molecular weight excluding hydrogens is 1030 g/mol. The fourth-order valence-electron chi connectivity index (χ4n) is 6.98. The second-order valence-electron chi connectivity index (χ2n) is 21.7. The maximum Gasteiger partial charge on any atom is 0.306 e. The van der Waals surface area contributed by atoms with Gasteiger partial charge < -0.3 is 28.4 Å². The predicted octanol–water partition coefficient (Wildman–Crippen LogP) is 18.9. The molecule has 0 radical (unpaired) electrons. The number of esters is 6. The van der Waals surface area contributed by atoms with Gasteiger partial charge in [0.1, 0.15) is 19.8 Å². The van der Waals surface area contributed by atoms with Crippen molar-refractivity contribution in [1.29, 1.82) is 0 Å². The van der Waals surface area contributed by atoms with Gasteiger partial charge in [0, 0.05) is 0 Å². The highest BCUT2D eigenvalue weighted by Gasteiger charge is 2.11. The van der Waals surface area contributed by atoms with Crippen LogP contribution >= 0.6 is 0 Å². The lowest BCUT2D eigenvalue weighted by atomic mass is 10.1. The summed E-state index contributed by atoms with van der Waals surface area (Å²) in [5.41, 5.74) is 12.0. The number of carbonyl (C=O) groups excluding carboxylic acids is 6. The highest BCUT2D eigenvalue weighted by atomic mass is 16.6. The molecular formula is C70H118O12. The van der Waals surface area contributed by atoms with Crippen LogP contribution in [0.3, 0.4) is 0 Å². The minimum atomic E-state index is -0.363. The first kappa shape index (κ1) is 82.9. The van der Waals surface area contributed by atoms with Crippen molar-refractivity contribution in [3.8, 4) is 0 Å². The summed E-state index contributed by atoms with van der Waals surface area (Å²) in [5, 5.41) is 0. The van der Waals surface area contributed by atoms with Crippen molar-refractivity contribution >= 4 is 35.8 Å². The number of carbonyl (C=O) groups is 6. The summed E-state index contributed by atoms with van der Waals surface area (Å²) in [6.07, 6.45) is 38.0. The highest BCUT2D eigenvalue weighted by Crippen LogP contribution is 2.15. The van der Waals surface area contributed by atoms with Crippen LogP contribution in [0.5, 0.6) is 0 Å². The van der Waals surface area contributed by atoms with Crippen LogP contribution in [0.4, 0.5) is 0 Å². The molecule has 0 saturated carbocycles. The molecule has 0 fully saturated rings. The van der Waals surface area contributed by atoms with E-state index in [2.05, 4.69) is 106 Å². The largest absolute Gasteiger partial charge is 0.466 e. The van der Waals surface area contributed by atoms with Crippen LogP contribution in [-0.2, 0) is 57.2 Å². The number of ether oxygens (including phenoxy) is 6. The van der Waals surface area contributed by atoms with E-state index in [4.69, 9.17) is 28.4 Å². The first-order chi connectivity index (χ1) is 38.5. The van der Waals surface area contributed by atoms with E-state index in [0.29, 0.717) is 19.8 Å². The van der Waals surface area contributed by atoms with Crippen LogP contribution in [0, 0.1) is 0 Å². The lowest BCUT2D eigenvalue weighted by molar-refractivity contribution is -0.149. The quantitative estimate of drug-likeness (QED) is 0.0247. The van der Waals surface area contributed by atoms with Crippen molar-refractivity contribution < 1.29 is 57.2 Å². The molecule has 0 N–H and O–H groups in total. The van der Waals surface area contributed by atoms with Crippen molar-refractivity contribution in [2.75, 3.05) is 39.6 Å². The molecule has 0 rings (SSSR count). The number of allylic oxidation sites excluding steroid dienone is 15. The fraction of sp³-hybridized carbons (Fsp3) is 0.657. The standard InChI is InChI=1S/C24H40O4.C23H38O4.C22H36O4.CH4/c1-6-7-8-18-27-23(25)15-16-24(26)28-19-17-22(5)14-10-13-21(4)12-9-11-20(2)3;1-6-7-17-26-22(24)14-15-23(25)27-18-16-21(5)13-9-12-20(4)11-8-10-19(2)3;1-6-16-25-21(23)13-14-22(24)26-17-15-20(5)12-8-11-19(4)10-7-9-18(2)3;/h11,13,17H,6-10,12,14-16,18-19H2,1-5H3;10,12,16H,6-9,11,13-15,17-18H2,1-5H3;9,11,15H,6-8,10,12-14,16-17H2,1-5H3;1H4/b21-13+,22-17+;20-12+,21-16+;19-11+,20-15+;. The summed E-state index contributed by atoms with van der Waals surface area (Å²) >= 11 is 0.